The van der Waals surface area contributed by atoms with Gasteiger partial charge in [0.25, 0.3) is 0 Å². The van der Waals surface area contributed by atoms with Gasteiger partial charge in [-0.25, -0.2) is 9.97 Å². The molecule has 0 aromatic carbocycles. The maximum Gasteiger partial charge on any atom is 0.131 e. The second-order valence-corrected chi connectivity index (χ2v) is 5.16. The molecule has 1 aromatic rings. The molecule has 3 nitrogen and oxygen atoms in total. The monoisotopic (exact) mass is 253 g/mol. The van der Waals surface area contributed by atoms with Gasteiger partial charge in [0.1, 0.15) is 5.82 Å². The molecule has 0 spiro atoms. The summed E-state index contributed by atoms with van der Waals surface area (Å²) in [5.41, 5.74) is 2.11. The van der Waals surface area contributed by atoms with E-state index in [1.165, 1.54) is 19.3 Å². The van der Waals surface area contributed by atoms with Crippen LogP contribution in [0.1, 0.15) is 50.5 Å². The van der Waals surface area contributed by atoms with Gasteiger partial charge in [0.15, 0.2) is 0 Å². The highest BCUT2D eigenvalue weighted by atomic mass is 35.5. The van der Waals surface area contributed by atoms with E-state index in [-0.39, 0.29) is 0 Å². The third-order valence-electron chi connectivity index (χ3n) is 3.20. The van der Waals surface area contributed by atoms with Gasteiger partial charge in [-0.1, -0.05) is 13.8 Å². The number of hydrogen-bond acceptors (Lipinski definition) is 3. The van der Waals surface area contributed by atoms with E-state index in [4.69, 9.17) is 11.6 Å². The molecule has 1 aromatic heterocycles. The van der Waals surface area contributed by atoms with Crippen LogP contribution in [-0.2, 0) is 5.88 Å². The van der Waals surface area contributed by atoms with Crippen LogP contribution in [0.5, 0.6) is 0 Å². The molecule has 1 saturated heterocycles. The van der Waals surface area contributed by atoms with Crippen LogP contribution in [0.2, 0.25) is 0 Å². The molecule has 0 amide bonds. The molecule has 0 radical (unpaired) electrons. The summed E-state index contributed by atoms with van der Waals surface area (Å²) >= 11 is 6.01. The number of nitrogens with zero attached hydrogens (tertiary/aromatic N) is 3. The summed E-state index contributed by atoms with van der Waals surface area (Å²) in [4.78, 5) is 11.4. The predicted molar refractivity (Wildman–Crippen MR) is 71.7 cm³/mol. The lowest BCUT2D eigenvalue weighted by atomic mass is 10.1. The molecule has 0 unspecified atom stereocenters. The first kappa shape index (κ1) is 12.6. The van der Waals surface area contributed by atoms with E-state index >= 15 is 0 Å². The molecule has 0 bridgehead atoms. The molecule has 0 saturated carbocycles. The van der Waals surface area contributed by atoms with Crippen LogP contribution in [0.3, 0.4) is 0 Å². The smallest absolute Gasteiger partial charge is 0.131 e. The second kappa shape index (κ2) is 5.67. The average molecular weight is 254 g/mol. The molecule has 17 heavy (non-hydrogen) atoms. The van der Waals surface area contributed by atoms with Gasteiger partial charge in [0.05, 0.1) is 23.5 Å². The minimum atomic E-state index is 0.354. The van der Waals surface area contributed by atoms with Gasteiger partial charge in [0, 0.05) is 19.0 Å². The van der Waals surface area contributed by atoms with Crippen molar-refractivity contribution in [3.05, 3.63) is 17.7 Å². The Labute approximate surface area is 108 Å². The largest absolute Gasteiger partial charge is 0.369 e. The van der Waals surface area contributed by atoms with Crippen molar-refractivity contribution in [3.8, 4) is 0 Å². The van der Waals surface area contributed by atoms with Crippen molar-refractivity contribution in [3.63, 3.8) is 0 Å². The summed E-state index contributed by atoms with van der Waals surface area (Å²) in [5.74, 6) is 1.71. The molecule has 1 fully saturated rings. The van der Waals surface area contributed by atoms with E-state index in [1.807, 2.05) is 6.20 Å². The van der Waals surface area contributed by atoms with Gasteiger partial charge < -0.3 is 4.90 Å². The van der Waals surface area contributed by atoms with Gasteiger partial charge in [-0.15, -0.1) is 11.6 Å². The van der Waals surface area contributed by atoms with Crippen LogP contribution < -0.4 is 4.90 Å². The first-order valence-electron chi connectivity index (χ1n) is 6.39. The zero-order valence-corrected chi connectivity index (χ0v) is 11.4. The fourth-order valence-electron chi connectivity index (χ4n) is 2.20. The van der Waals surface area contributed by atoms with Crippen LogP contribution in [0, 0.1) is 0 Å². The molecule has 94 valence electrons. The molecular weight excluding hydrogens is 234 g/mol. The summed E-state index contributed by atoms with van der Waals surface area (Å²) in [5, 5.41) is 0. The summed E-state index contributed by atoms with van der Waals surface area (Å²) in [6, 6.07) is 0. The molecular formula is C13H20ClN3. The maximum absolute atomic E-state index is 6.01. The number of aromatic nitrogens is 2. The van der Waals surface area contributed by atoms with Crippen molar-refractivity contribution in [1.29, 1.82) is 0 Å². The molecule has 0 aliphatic carbocycles. The number of hydrogen-bond donors (Lipinski definition) is 0. The van der Waals surface area contributed by atoms with E-state index in [1.54, 1.807) is 0 Å². The molecule has 1 aliphatic heterocycles. The minimum Gasteiger partial charge on any atom is -0.369 e. The summed E-state index contributed by atoms with van der Waals surface area (Å²) in [6.07, 6.45) is 5.80. The zero-order valence-electron chi connectivity index (χ0n) is 10.6. The van der Waals surface area contributed by atoms with Crippen molar-refractivity contribution in [2.75, 3.05) is 18.0 Å². The summed E-state index contributed by atoms with van der Waals surface area (Å²) in [7, 11) is 0. The zero-order chi connectivity index (χ0) is 12.3. The Bertz CT molecular complexity index is 373. The second-order valence-electron chi connectivity index (χ2n) is 4.90. The minimum absolute atomic E-state index is 0.354. The van der Waals surface area contributed by atoms with E-state index in [0.717, 1.165) is 30.3 Å². The van der Waals surface area contributed by atoms with Gasteiger partial charge in [-0.3, -0.25) is 0 Å². The lowest BCUT2D eigenvalue weighted by Crippen LogP contribution is -2.30. The summed E-state index contributed by atoms with van der Waals surface area (Å²) in [6.45, 7) is 6.42. The van der Waals surface area contributed by atoms with Crippen molar-refractivity contribution >= 4 is 17.3 Å². The Hall–Kier alpha value is -0.830. The average Bonchev–Trinajstić information content (AvgIpc) is 2.39. The van der Waals surface area contributed by atoms with Crippen LogP contribution >= 0.6 is 11.6 Å². The standard InChI is InChI=1S/C13H20ClN3/c1-10(2)13-15-9-12(11(8-14)16-13)17-6-4-3-5-7-17/h9-10H,3-8H2,1-2H3. The van der Waals surface area contributed by atoms with Crippen molar-refractivity contribution in [2.24, 2.45) is 0 Å². The fraction of sp³-hybridized carbons (Fsp3) is 0.692. The number of anilines is 1. The third-order valence-corrected chi connectivity index (χ3v) is 3.46. The Morgan fingerprint density at radius 2 is 2.00 bits per heavy atom. The highest BCUT2D eigenvalue weighted by Gasteiger charge is 2.16. The van der Waals surface area contributed by atoms with E-state index in [2.05, 4.69) is 28.7 Å². The van der Waals surface area contributed by atoms with Crippen molar-refractivity contribution in [2.45, 2.75) is 44.9 Å². The molecule has 2 heterocycles. The molecule has 4 heteroatoms. The highest BCUT2D eigenvalue weighted by Crippen LogP contribution is 2.24. The van der Waals surface area contributed by atoms with Crippen molar-refractivity contribution in [1.82, 2.24) is 9.97 Å². The van der Waals surface area contributed by atoms with Crippen LogP contribution in [0.4, 0.5) is 5.69 Å². The first-order valence-corrected chi connectivity index (χ1v) is 6.92. The number of piperidine rings is 1. The number of rotatable bonds is 3. The Balaban J connectivity index is 2.26. The topological polar surface area (TPSA) is 29.0 Å². The van der Waals surface area contributed by atoms with E-state index in [9.17, 15) is 0 Å². The summed E-state index contributed by atoms with van der Waals surface area (Å²) < 4.78 is 0. The normalized spacial score (nSPS) is 16.6. The fourth-order valence-corrected chi connectivity index (χ4v) is 2.40. The quantitative estimate of drug-likeness (QED) is 0.774. The first-order chi connectivity index (χ1) is 8.22. The van der Waals surface area contributed by atoms with Crippen LogP contribution in [-0.4, -0.2) is 23.1 Å². The number of alkyl halides is 1. The lowest BCUT2D eigenvalue weighted by Gasteiger charge is -2.29. The number of halogens is 1. The molecule has 1 aliphatic rings. The Morgan fingerprint density at radius 1 is 1.29 bits per heavy atom. The molecule has 2 rings (SSSR count). The Kier molecular flexibility index (Phi) is 4.21. The van der Waals surface area contributed by atoms with E-state index < -0.39 is 0 Å². The van der Waals surface area contributed by atoms with E-state index in [0.29, 0.717) is 11.8 Å². The van der Waals surface area contributed by atoms with Gasteiger partial charge in [0.2, 0.25) is 0 Å². The van der Waals surface area contributed by atoms with Crippen LogP contribution in [0.25, 0.3) is 0 Å². The third kappa shape index (κ3) is 2.89. The highest BCUT2D eigenvalue weighted by molar-refractivity contribution is 6.17. The van der Waals surface area contributed by atoms with Crippen molar-refractivity contribution < 1.29 is 0 Å². The SMILES string of the molecule is CC(C)c1ncc(N2CCCCC2)c(CCl)n1. The Morgan fingerprint density at radius 3 is 2.59 bits per heavy atom. The molecule has 0 N–H and O–H groups in total. The van der Waals surface area contributed by atoms with Gasteiger partial charge >= 0.3 is 0 Å². The predicted octanol–water partition coefficient (Wildman–Crippen LogP) is 3.33. The van der Waals surface area contributed by atoms with Crippen LogP contribution in [0.15, 0.2) is 6.20 Å². The molecule has 0 atom stereocenters. The van der Waals surface area contributed by atoms with Gasteiger partial charge in [-0.05, 0) is 19.3 Å². The van der Waals surface area contributed by atoms with Gasteiger partial charge in [-0.2, -0.15) is 0 Å². The lowest BCUT2D eigenvalue weighted by molar-refractivity contribution is 0.574. The maximum atomic E-state index is 6.01.